The first kappa shape index (κ1) is 12.8. The van der Waals surface area contributed by atoms with E-state index >= 15 is 0 Å². The van der Waals surface area contributed by atoms with Crippen molar-refractivity contribution < 1.29 is 4.39 Å². The predicted molar refractivity (Wildman–Crippen MR) is 69.6 cm³/mol. The van der Waals surface area contributed by atoms with Crippen molar-refractivity contribution in [3.63, 3.8) is 0 Å². The van der Waals surface area contributed by atoms with Gasteiger partial charge in [-0.2, -0.15) is 5.10 Å². The van der Waals surface area contributed by atoms with Crippen LogP contribution in [0.4, 0.5) is 4.39 Å². The van der Waals surface area contributed by atoms with Crippen LogP contribution >= 0.6 is 0 Å². The van der Waals surface area contributed by atoms with E-state index in [2.05, 4.69) is 10.4 Å². The molecule has 0 aliphatic carbocycles. The molecule has 0 aliphatic rings. The monoisotopic (exact) mass is 247 g/mol. The summed E-state index contributed by atoms with van der Waals surface area (Å²) < 4.78 is 15.0. The Morgan fingerprint density at radius 3 is 2.78 bits per heavy atom. The Morgan fingerprint density at radius 2 is 2.17 bits per heavy atom. The predicted octanol–water partition coefficient (Wildman–Crippen LogP) is 2.72. The van der Waals surface area contributed by atoms with Crippen molar-refractivity contribution in [2.45, 2.75) is 26.4 Å². The van der Waals surface area contributed by atoms with E-state index in [1.165, 1.54) is 6.07 Å². The third-order valence-corrected chi connectivity index (χ3v) is 3.04. The average Bonchev–Trinajstić information content (AvgIpc) is 2.65. The summed E-state index contributed by atoms with van der Waals surface area (Å²) in [5, 5.41) is 7.66. The molecule has 1 heterocycles. The van der Waals surface area contributed by atoms with Crippen LogP contribution in [0.3, 0.4) is 0 Å². The van der Waals surface area contributed by atoms with E-state index in [4.69, 9.17) is 0 Å². The molecule has 2 aromatic rings. The van der Waals surface area contributed by atoms with Gasteiger partial charge in [0.05, 0.1) is 11.4 Å². The lowest BCUT2D eigenvalue weighted by molar-refractivity contribution is 0.542. The zero-order chi connectivity index (χ0) is 13.1. The standard InChI is InChI=1S/C14H18FN3/c1-10-7-14(18(3)17-10)9-16-11(2)12-5-4-6-13(15)8-12/h4-8,11,16H,9H2,1-3H3/t11-/m1/s1. The van der Waals surface area contributed by atoms with Crippen molar-refractivity contribution in [1.29, 1.82) is 0 Å². The first-order valence-electron chi connectivity index (χ1n) is 6.04. The van der Waals surface area contributed by atoms with Gasteiger partial charge in [-0.05, 0) is 37.6 Å². The minimum atomic E-state index is -0.197. The van der Waals surface area contributed by atoms with Crippen molar-refractivity contribution in [1.82, 2.24) is 15.1 Å². The van der Waals surface area contributed by atoms with Crippen LogP contribution in [0.1, 0.15) is 29.9 Å². The van der Waals surface area contributed by atoms with E-state index < -0.39 is 0 Å². The summed E-state index contributed by atoms with van der Waals surface area (Å²) in [6.45, 7) is 4.71. The second-order valence-electron chi connectivity index (χ2n) is 4.56. The highest BCUT2D eigenvalue weighted by Gasteiger charge is 2.07. The smallest absolute Gasteiger partial charge is 0.123 e. The van der Waals surface area contributed by atoms with Gasteiger partial charge in [0.15, 0.2) is 0 Å². The van der Waals surface area contributed by atoms with Gasteiger partial charge in [-0.25, -0.2) is 4.39 Å². The lowest BCUT2D eigenvalue weighted by Gasteiger charge is -2.14. The quantitative estimate of drug-likeness (QED) is 0.900. The van der Waals surface area contributed by atoms with Gasteiger partial charge in [0.25, 0.3) is 0 Å². The van der Waals surface area contributed by atoms with Crippen molar-refractivity contribution in [2.75, 3.05) is 0 Å². The zero-order valence-corrected chi connectivity index (χ0v) is 10.9. The molecule has 0 aliphatic heterocycles. The first-order valence-corrected chi connectivity index (χ1v) is 6.04. The number of rotatable bonds is 4. The molecule has 1 N–H and O–H groups in total. The maximum absolute atomic E-state index is 13.1. The third-order valence-electron chi connectivity index (χ3n) is 3.04. The Bertz CT molecular complexity index is 534. The number of aryl methyl sites for hydroxylation is 2. The minimum absolute atomic E-state index is 0.107. The van der Waals surface area contributed by atoms with Crippen molar-refractivity contribution >= 4 is 0 Å². The number of hydrogen-bond acceptors (Lipinski definition) is 2. The Labute approximate surface area is 107 Å². The van der Waals surface area contributed by atoms with Crippen LogP contribution in [0, 0.1) is 12.7 Å². The number of nitrogens with one attached hydrogen (secondary N) is 1. The molecule has 4 heteroatoms. The molecular formula is C14H18FN3. The van der Waals surface area contributed by atoms with Gasteiger partial charge < -0.3 is 5.32 Å². The summed E-state index contributed by atoms with van der Waals surface area (Å²) in [5.74, 6) is -0.197. The van der Waals surface area contributed by atoms with E-state index in [9.17, 15) is 4.39 Å². The highest BCUT2D eigenvalue weighted by molar-refractivity contribution is 5.19. The summed E-state index contributed by atoms with van der Waals surface area (Å²) in [7, 11) is 1.93. The van der Waals surface area contributed by atoms with Crippen LogP contribution in [0.5, 0.6) is 0 Å². The molecule has 96 valence electrons. The molecule has 1 aromatic carbocycles. The van der Waals surface area contributed by atoms with E-state index in [1.54, 1.807) is 12.1 Å². The Morgan fingerprint density at radius 1 is 1.39 bits per heavy atom. The number of nitrogens with zero attached hydrogens (tertiary/aromatic N) is 2. The normalized spacial score (nSPS) is 12.7. The molecule has 0 saturated carbocycles. The molecule has 3 nitrogen and oxygen atoms in total. The van der Waals surface area contributed by atoms with E-state index in [1.807, 2.05) is 37.7 Å². The van der Waals surface area contributed by atoms with Crippen LogP contribution in [-0.2, 0) is 13.6 Å². The summed E-state index contributed by atoms with van der Waals surface area (Å²) in [5.41, 5.74) is 3.08. The van der Waals surface area contributed by atoms with Gasteiger partial charge >= 0.3 is 0 Å². The molecule has 0 saturated heterocycles. The Balaban J connectivity index is 2.00. The molecule has 0 fully saturated rings. The van der Waals surface area contributed by atoms with Gasteiger partial charge in [-0.3, -0.25) is 4.68 Å². The van der Waals surface area contributed by atoms with Crippen LogP contribution in [0.2, 0.25) is 0 Å². The molecule has 0 unspecified atom stereocenters. The summed E-state index contributed by atoms with van der Waals surface area (Å²) in [4.78, 5) is 0. The van der Waals surface area contributed by atoms with Crippen molar-refractivity contribution in [3.8, 4) is 0 Å². The fraction of sp³-hybridized carbons (Fsp3) is 0.357. The molecule has 1 aromatic heterocycles. The van der Waals surface area contributed by atoms with Crippen molar-refractivity contribution in [3.05, 3.63) is 53.1 Å². The molecule has 0 amide bonds. The zero-order valence-electron chi connectivity index (χ0n) is 10.9. The maximum atomic E-state index is 13.1. The van der Waals surface area contributed by atoms with Gasteiger partial charge in [-0.15, -0.1) is 0 Å². The van der Waals surface area contributed by atoms with Gasteiger partial charge in [0.1, 0.15) is 5.82 Å². The summed E-state index contributed by atoms with van der Waals surface area (Å²) in [6.07, 6.45) is 0. The lowest BCUT2D eigenvalue weighted by atomic mass is 10.1. The Hall–Kier alpha value is -1.68. The van der Waals surface area contributed by atoms with E-state index in [-0.39, 0.29) is 11.9 Å². The number of benzene rings is 1. The van der Waals surface area contributed by atoms with E-state index in [0.29, 0.717) is 0 Å². The van der Waals surface area contributed by atoms with Crippen LogP contribution in [-0.4, -0.2) is 9.78 Å². The number of hydrogen-bond donors (Lipinski definition) is 1. The van der Waals surface area contributed by atoms with Gasteiger partial charge in [0.2, 0.25) is 0 Å². The second-order valence-corrected chi connectivity index (χ2v) is 4.56. The second kappa shape index (κ2) is 5.31. The third kappa shape index (κ3) is 2.96. The highest BCUT2D eigenvalue weighted by atomic mass is 19.1. The maximum Gasteiger partial charge on any atom is 0.123 e. The average molecular weight is 247 g/mol. The first-order chi connectivity index (χ1) is 8.56. The summed E-state index contributed by atoms with van der Waals surface area (Å²) in [6, 6.07) is 8.83. The largest absolute Gasteiger partial charge is 0.305 e. The fourth-order valence-corrected chi connectivity index (χ4v) is 1.98. The number of halogens is 1. The van der Waals surface area contributed by atoms with E-state index in [0.717, 1.165) is 23.5 Å². The van der Waals surface area contributed by atoms with Crippen LogP contribution in [0.25, 0.3) is 0 Å². The lowest BCUT2D eigenvalue weighted by Crippen LogP contribution is -2.19. The van der Waals surface area contributed by atoms with Gasteiger partial charge in [0, 0.05) is 19.6 Å². The molecule has 0 radical (unpaired) electrons. The SMILES string of the molecule is Cc1cc(CN[C@H](C)c2cccc(F)c2)n(C)n1. The topological polar surface area (TPSA) is 29.9 Å². The van der Waals surface area contributed by atoms with Crippen molar-refractivity contribution in [2.24, 2.45) is 7.05 Å². The molecule has 0 bridgehead atoms. The molecule has 0 spiro atoms. The fourth-order valence-electron chi connectivity index (χ4n) is 1.98. The molecular weight excluding hydrogens is 229 g/mol. The van der Waals surface area contributed by atoms with Gasteiger partial charge in [-0.1, -0.05) is 12.1 Å². The Kier molecular flexibility index (Phi) is 3.77. The van der Waals surface area contributed by atoms with Crippen LogP contribution in [0.15, 0.2) is 30.3 Å². The molecule has 18 heavy (non-hydrogen) atoms. The van der Waals surface area contributed by atoms with Crippen LogP contribution < -0.4 is 5.32 Å². The summed E-state index contributed by atoms with van der Waals surface area (Å²) >= 11 is 0. The molecule has 2 rings (SSSR count). The number of aromatic nitrogens is 2. The molecule has 1 atom stereocenters. The minimum Gasteiger partial charge on any atom is -0.305 e. The highest BCUT2D eigenvalue weighted by Crippen LogP contribution is 2.14.